The van der Waals surface area contributed by atoms with Crippen molar-refractivity contribution >= 4 is 11.0 Å². The standard InChI is InChI=1S/C17H19NO3/c1-18-12-3-4-13(18)10-15(9-12)20-14-5-6-16-11(8-14)2-7-17(19)21-16/h2,5-8,12-13,15H,3-4,9-10H2,1H3. The van der Waals surface area contributed by atoms with Crippen LogP contribution in [0.15, 0.2) is 39.5 Å². The van der Waals surface area contributed by atoms with Crippen molar-refractivity contribution in [2.24, 2.45) is 0 Å². The number of ether oxygens (including phenoxy) is 1. The number of piperidine rings is 1. The molecule has 0 spiro atoms. The van der Waals surface area contributed by atoms with Gasteiger partial charge in [0.05, 0.1) is 0 Å². The van der Waals surface area contributed by atoms with Crippen LogP contribution in [0.5, 0.6) is 5.75 Å². The summed E-state index contributed by atoms with van der Waals surface area (Å²) in [5.41, 5.74) is 0.293. The second-order valence-electron chi connectivity index (χ2n) is 6.22. The molecule has 1 aromatic carbocycles. The summed E-state index contributed by atoms with van der Waals surface area (Å²) in [6, 6.07) is 10.2. The maximum absolute atomic E-state index is 11.2. The van der Waals surface area contributed by atoms with Crippen LogP contribution < -0.4 is 10.4 Å². The largest absolute Gasteiger partial charge is 0.490 e. The highest BCUT2D eigenvalue weighted by Gasteiger charge is 2.39. The van der Waals surface area contributed by atoms with E-state index in [0.29, 0.717) is 23.8 Å². The molecule has 2 aliphatic rings. The molecule has 4 heteroatoms. The molecule has 110 valence electrons. The van der Waals surface area contributed by atoms with E-state index in [1.165, 1.54) is 18.9 Å². The van der Waals surface area contributed by atoms with Crippen LogP contribution in [0.1, 0.15) is 25.7 Å². The molecular formula is C17H19NO3. The summed E-state index contributed by atoms with van der Waals surface area (Å²) in [5.74, 6) is 0.866. The molecule has 2 unspecified atom stereocenters. The van der Waals surface area contributed by atoms with Gasteiger partial charge in [0.25, 0.3) is 0 Å². The van der Waals surface area contributed by atoms with Crippen molar-refractivity contribution in [1.29, 1.82) is 0 Å². The quantitative estimate of drug-likeness (QED) is 0.796. The first-order chi connectivity index (χ1) is 10.2. The summed E-state index contributed by atoms with van der Waals surface area (Å²) in [6.07, 6.45) is 5.10. The molecule has 0 saturated carbocycles. The fourth-order valence-corrected chi connectivity index (χ4v) is 3.77. The molecule has 4 rings (SSSR count). The molecule has 4 nitrogen and oxygen atoms in total. The van der Waals surface area contributed by atoms with Crippen LogP contribution >= 0.6 is 0 Å². The van der Waals surface area contributed by atoms with E-state index in [0.717, 1.165) is 24.0 Å². The Balaban J connectivity index is 1.55. The first-order valence-electron chi connectivity index (χ1n) is 7.61. The lowest BCUT2D eigenvalue weighted by Gasteiger charge is -2.36. The van der Waals surface area contributed by atoms with Gasteiger partial charge in [-0.15, -0.1) is 0 Å². The van der Waals surface area contributed by atoms with Crippen LogP contribution in [0, 0.1) is 0 Å². The van der Waals surface area contributed by atoms with Gasteiger partial charge in [0.15, 0.2) is 0 Å². The molecule has 2 aliphatic heterocycles. The topological polar surface area (TPSA) is 42.7 Å². The molecule has 3 heterocycles. The van der Waals surface area contributed by atoms with Gasteiger partial charge in [-0.25, -0.2) is 4.79 Å². The second-order valence-corrected chi connectivity index (χ2v) is 6.22. The van der Waals surface area contributed by atoms with Gasteiger partial charge in [-0.1, -0.05) is 0 Å². The SMILES string of the molecule is CN1C2CCC1CC(Oc1ccc3oc(=O)ccc3c1)C2. The van der Waals surface area contributed by atoms with Crippen molar-refractivity contribution in [3.63, 3.8) is 0 Å². The maximum atomic E-state index is 11.2. The lowest BCUT2D eigenvalue weighted by Crippen LogP contribution is -2.43. The Hall–Kier alpha value is -1.81. The van der Waals surface area contributed by atoms with Crippen molar-refractivity contribution in [2.45, 2.75) is 43.9 Å². The van der Waals surface area contributed by atoms with Crippen molar-refractivity contribution in [3.8, 4) is 5.75 Å². The Morgan fingerprint density at radius 2 is 1.90 bits per heavy atom. The van der Waals surface area contributed by atoms with E-state index in [1.54, 1.807) is 6.07 Å². The van der Waals surface area contributed by atoms with E-state index in [1.807, 2.05) is 18.2 Å². The molecule has 2 aromatic rings. The highest BCUT2D eigenvalue weighted by atomic mass is 16.5. The smallest absolute Gasteiger partial charge is 0.336 e. The zero-order valence-electron chi connectivity index (χ0n) is 12.1. The van der Waals surface area contributed by atoms with E-state index in [9.17, 15) is 4.79 Å². The van der Waals surface area contributed by atoms with Crippen LogP contribution in [0.4, 0.5) is 0 Å². The average Bonchev–Trinajstić information content (AvgIpc) is 2.70. The fraction of sp³-hybridized carbons (Fsp3) is 0.471. The summed E-state index contributed by atoms with van der Waals surface area (Å²) >= 11 is 0. The summed E-state index contributed by atoms with van der Waals surface area (Å²) in [4.78, 5) is 13.7. The van der Waals surface area contributed by atoms with Crippen LogP contribution in [-0.2, 0) is 0 Å². The maximum Gasteiger partial charge on any atom is 0.336 e. The van der Waals surface area contributed by atoms with Gasteiger partial charge in [0, 0.05) is 23.5 Å². The molecule has 21 heavy (non-hydrogen) atoms. The lowest BCUT2D eigenvalue weighted by atomic mass is 10.0. The first kappa shape index (κ1) is 12.9. The Labute approximate surface area is 123 Å². The number of nitrogens with zero attached hydrogens (tertiary/aromatic N) is 1. The van der Waals surface area contributed by atoms with Gasteiger partial charge < -0.3 is 14.1 Å². The van der Waals surface area contributed by atoms with Crippen molar-refractivity contribution < 1.29 is 9.15 Å². The predicted octanol–water partition coefficient (Wildman–Crippen LogP) is 2.80. The van der Waals surface area contributed by atoms with Crippen molar-refractivity contribution in [3.05, 3.63) is 40.8 Å². The third-order valence-electron chi connectivity index (χ3n) is 4.95. The van der Waals surface area contributed by atoms with Crippen LogP contribution in [-0.4, -0.2) is 30.1 Å². The molecule has 0 aliphatic carbocycles. The third-order valence-corrected chi connectivity index (χ3v) is 4.95. The molecule has 2 saturated heterocycles. The number of benzene rings is 1. The molecule has 2 atom stereocenters. The molecule has 2 bridgehead atoms. The molecule has 0 amide bonds. The van der Waals surface area contributed by atoms with Gasteiger partial charge in [0.1, 0.15) is 17.4 Å². The van der Waals surface area contributed by atoms with Crippen LogP contribution in [0.2, 0.25) is 0 Å². The van der Waals surface area contributed by atoms with Gasteiger partial charge >= 0.3 is 5.63 Å². The average molecular weight is 285 g/mol. The Morgan fingerprint density at radius 1 is 1.14 bits per heavy atom. The minimum absolute atomic E-state index is 0.298. The number of hydrogen-bond acceptors (Lipinski definition) is 4. The molecule has 0 N–H and O–H groups in total. The zero-order chi connectivity index (χ0) is 14.4. The molecule has 2 fully saturated rings. The van der Waals surface area contributed by atoms with Gasteiger partial charge in [-0.05, 0) is 57.0 Å². The predicted molar refractivity (Wildman–Crippen MR) is 80.7 cm³/mol. The number of fused-ring (bicyclic) bond motifs is 3. The van der Waals surface area contributed by atoms with E-state index in [2.05, 4.69) is 11.9 Å². The van der Waals surface area contributed by atoms with Crippen LogP contribution in [0.25, 0.3) is 11.0 Å². The van der Waals surface area contributed by atoms with Crippen molar-refractivity contribution in [1.82, 2.24) is 4.90 Å². The monoisotopic (exact) mass is 285 g/mol. The lowest BCUT2D eigenvalue weighted by molar-refractivity contribution is 0.0662. The van der Waals surface area contributed by atoms with Gasteiger partial charge in [0.2, 0.25) is 0 Å². The molecule has 1 aromatic heterocycles. The second kappa shape index (κ2) is 4.88. The minimum Gasteiger partial charge on any atom is -0.490 e. The summed E-state index contributed by atoms with van der Waals surface area (Å²) in [5, 5.41) is 0.906. The highest BCUT2D eigenvalue weighted by Crippen LogP contribution is 2.36. The summed E-state index contributed by atoms with van der Waals surface area (Å²) < 4.78 is 11.3. The summed E-state index contributed by atoms with van der Waals surface area (Å²) in [6.45, 7) is 0. The minimum atomic E-state index is -0.317. The normalized spacial score (nSPS) is 28.9. The van der Waals surface area contributed by atoms with E-state index in [-0.39, 0.29) is 5.63 Å². The number of rotatable bonds is 2. The van der Waals surface area contributed by atoms with Crippen LogP contribution in [0.3, 0.4) is 0 Å². The van der Waals surface area contributed by atoms with E-state index < -0.39 is 0 Å². The van der Waals surface area contributed by atoms with Gasteiger partial charge in [-0.2, -0.15) is 0 Å². The number of hydrogen-bond donors (Lipinski definition) is 0. The van der Waals surface area contributed by atoms with Gasteiger partial charge in [-0.3, -0.25) is 0 Å². The molecule has 0 radical (unpaired) electrons. The third kappa shape index (κ3) is 2.33. The Kier molecular flexibility index (Phi) is 3.00. The van der Waals surface area contributed by atoms with E-state index in [4.69, 9.17) is 9.15 Å². The highest BCUT2D eigenvalue weighted by molar-refractivity contribution is 5.77. The molecular weight excluding hydrogens is 266 g/mol. The first-order valence-corrected chi connectivity index (χ1v) is 7.61. The zero-order valence-corrected chi connectivity index (χ0v) is 12.1. The Morgan fingerprint density at radius 3 is 2.67 bits per heavy atom. The Bertz CT molecular complexity index is 709. The fourth-order valence-electron chi connectivity index (χ4n) is 3.77. The summed E-state index contributed by atoms with van der Waals surface area (Å²) in [7, 11) is 2.23. The van der Waals surface area contributed by atoms with E-state index >= 15 is 0 Å². The van der Waals surface area contributed by atoms with Crippen molar-refractivity contribution in [2.75, 3.05) is 7.05 Å².